The quantitative estimate of drug-likeness (QED) is 0.749. The van der Waals surface area contributed by atoms with Gasteiger partial charge < -0.3 is 24.6 Å². The Labute approximate surface area is 197 Å². The van der Waals surface area contributed by atoms with E-state index in [0.29, 0.717) is 39.4 Å². The third-order valence-electron chi connectivity index (χ3n) is 5.08. The first-order valence-electron chi connectivity index (χ1n) is 16.5. The molecule has 1 aromatic carbocycles. The van der Waals surface area contributed by atoms with Gasteiger partial charge in [0.2, 0.25) is 5.91 Å². The maximum atomic E-state index is 15.5. The van der Waals surface area contributed by atoms with Gasteiger partial charge in [-0.05, 0) is 68.7 Å². The van der Waals surface area contributed by atoms with Crippen LogP contribution in [-0.2, 0) is 14.3 Å². The standard InChI is InChI=1S/C23H34FN3O3/c24-21-16-20(1-2-22(21)26-9-13-30-14-10-26)27(17-19-3-7-25-8-4-19)23(28)15-18-5-11-29-12-6-18/h1-2,16,18-19,25H,3-15,17H2/i5D2,6D2,11D2,12D2,15D2,17D2,18D. The Morgan fingerprint density at radius 1 is 1.27 bits per heavy atom. The number of morpholine rings is 1. The third-order valence-corrected chi connectivity index (χ3v) is 5.08. The number of rotatable bonds is 6. The molecule has 0 atom stereocenters. The molecular formula is C23H34FN3O3. The van der Waals surface area contributed by atoms with Gasteiger partial charge in [0.15, 0.2) is 0 Å². The molecule has 0 bridgehead atoms. The van der Waals surface area contributed by atoms with Crippen molar-refractivity contribution in [1.29, 1.82) is 0 Å². The lowest BCUT2D eigenvalue weighted by atomic mass is 9.94. The van der Waals surface area contributed by atoms with Crippen LogP contribution < -0.4 is 15.1 Å². The van der Waals surface area contributed by atoms with Crippen molar-refractivity contribution in [3.8, 4) is 0 Å². The maximum absolute atomic E-state index is 15.5. The molecule has 3 heterocycles. The van der Waals surface area contributed by atoms with Crippen LogP contribution in [0.2, 0.25) is 0 Å². The number of anilines is 2. The number of nitrogens with one attached hydrogen (secondary N) is 1. The second-order valence-corrected chi connectivity index (χ2v) is 7.09. The van der Waals surface area contributed by atoms with E-state index in [4.69, 9.17) is 22.6 Å². The number of halogens is 1. The first-order chi connectivity index (χ1) is 19.6. The fourth-order valence-electron chi connectivity index (χ4n) is 3.51. The van der Waals surface area contributed by atoms with E-state index in [0.717, 1.165) is 12.1 Å². The summed E-state index contributed by atoms with van der Waals surface area (Å²) in [5.74, 6) is -8.06. The van der Waals surface area contributed by atoms with E-state index in [-0.39, 0.29) is 23.4 Å². The number of carbonyl (C=O) groups is 1. The normalized spacial score (nSPS) is 36.7. The molecule has 7 heteroatoms. The van der Waals surface area contributed by atoms with Crippen molar-refractivity contribution in [2.45, 2.75) is 32.0 Å². The smallest absolute Gasteiger partial charge is 0.227 e. The van der Waals surface area contributed by atoms with Crippen LogP contribution in [0.1, 0.15) is 49.8 Å². The van der Waals surface area contributed by atoms with E-state index in [1.165, 1.54) is 6.07 Å². The van der Waals surface area contributed by atoms with Crippen LogP contribution in [0.3, 0.4) is 0 Å². The van der Waals surface area contributed by atoms with Crippen molar-refractivity contribution in [3.63, 3.8) is 0 Å². The predicted molar refractivity (Wildman–Crippen MR) is 116 cm³/mol. The predicted octanol–water partition coefficient (Wildman–Crippen LogP) is 2.81. The first kappa shape index (κ1) is 10.7. The molecule has 3 aliphatic heterocycles. The van der Waals surface area contributed by atoms with E-state index in [9.17, 15) is 4.79 Å². The highest BCUT2D eigenvalue weighted by atomic mass is 19.1. The van der Waals surface area contributed by atoms with Gasteiger partial charge in [-0.15, -0.1) is 0 Å². The molecule has 4 rings (SSSR count). The second kappa shape index (κ2) is 10.6. The van der Waals surface area contributed by atoms with Gasteiger partial charge in [0.1, 0.15) is 5.82 Å². The number of hydrogen-bond donors (Lipinski definition) is 1. The minimum absolute atomic E-state index is 0.0975. The van der Waals surface area contributed by atoms with E-state index in [1.807, 2.05) is 0 Å². The summed E-state index contributed by atoms with van der Waals surface area (Å²) in [7, 11) is 0. The molecule has 0 radical (unpaired) electrons. The Bertz CT molecular complexity index is 1200. The van der Waals surface area contributed by atoms with Crippen molar-refractivity contribution < 1.29 is 36.5 Å². The lowest BCUT2D eigenvalue weighted by Crippen LogP contribution is -2.40. The molecule has 1 amide bonds. The van der Waals surface area contributed by atoms with E-state index in [2.05, 4.69) is 10.1 Å². The molecule has 0 saturated carbocycles. The molecule has 3 aliphatic rings. The molecular weight excluding hydrogens is 385 g/mol. The average Bonchev–Trinajstić information content (AvgIpc) is 2.92. The molecule has 30 heavy (non-hydrogen) atoms. The monoisotopic (exact) mass is 432 g/mol. The minimum atomic E-state index is -4.19. The molecule has 6 nitrogen and oxygen atoms in total. The summed E-state index contributed by atoms with van der Waals surface area (Å²) in [6.07, 6.45) is -11.9. The van der Waals surface area contributed by atoms with Crippen LogP contribution in [0.15, 0.2) is 18.2 Å². The summed E-state index contributed by atoms with van der Waals surface area (Å²) < 4.78 is 135. The van der Waals surface area contributed by atoms with Crippen LogP contribution >= 0.6 is 0 Å². The van der Waals surface area contributed by atoms with Gasteiger partial charge in [0.05, 0.1) is 27.1 Å². The second-order valence-electron chi connectivity index (χ2n) is 7.09. The zero-order chi connectivity index (χ0) is 32.4. The number of ether oxygens (including phenoxy) is 2. The lowest BCUT2D eigenvalue weighted by molar-refractivity contribution is -0.120. The van der Waals surface area contributed by atoms with E-state index in [1.54, 1.807) is 4.90 Å². The number of amides is 1. The highest BCUT2D eigenvalue weighted by Crippen LogP contribution is 2.29. The van der Waals surface area contributed by atoms with Gasteiger partial charge >= 0.3 is 0 Å². The third kappa shape index (κ3) is 5.50. The Balaban J connectivity index is 1.89. The molecule has 166 valence electrons. The molecule has 0 unspecified atom stereocenters. The molecule has 3 fully saturated rings. The number of carbonyl (C=O) groups excluding carboxylic acids is 1. The maximum Gasteiger partial charge on any atom is 0.227 e. The van der Waals surface area contributed by atoms with Gasteiger partial charge in [0, 0.05) is 54.4 Å². The highest BCUT2D eigenvalue weighted by Gasteiger charge is 2.26. The van der Waals surface area contributed by atoms with Gasteiger partial charge in [-0.2, -0.15) is 0 Å². The van der Waals surface area contributed by atoms with Crippen molar-refractivity contribution in [2.24, 2.45) is 11.8 Å². The number of benzene rings is 1. The van der Waals surface area contributed by atoms with Crippen LogP contribution in [0.4, 0.5) is 15.8 Å². The van der Waals surface area contributed by atoms with E-state index < -0.39 is 68.0 Å². The molecule has 3 saturated heterocycles. The largest absolute Gasteiger partial charge is 0.381 e. The van der Waals surface area contributed by atoms with Gasteiger partial charge in [-0.25, -0.2) is 4.39 Å². The van der Waals surface area contributed by atoms with Gasteiger partial charge in [-0.1, -0.05) is 0 Å². The van der Waals surface area contributed by atoms with Crippen LogP contribution in [0.5, 0.6) is 0 Å². The fraction of sp³-hybridized carbons (Fsp3) is 0.696. The number of hydrogen-bond acceptors (Lipinski definition) is 5. The molecule has 1 N–H and O–H groups in total. The summed E-state index contributed by atoms with van der Waals surface area (Å²) in [5.41, 5.74) is -0.407. The zero-order valence-corrected chi connectivity index (χ0v) is 16.5. The van der Waals surface area contributed by atoms with Gasteiger partial charge in [-0.3, -0.25) is 4.79 Å². The molecule has 0 aromatic heterocycles. The topological polar surface area (TPSA) is 54.0 Å². The summed E-state index contributed by atoms with van der Waals surface area (Å²) in [5, 5.41) is 3.03. The Kier molecular flexibility index (Phi) is 3.78. The van der Waals surface area contributed by atoms with E-state index >= 15 is 4.39 Å². The van der Waals surface area contributed by atoms with Crippen LogP contribution in [0.25, 0.3) is 0 Å². The van der Waals surface area contributed by atoms with Crippen molar-refractivity contribution in [3.05, 3.63) is 24.0 Å². The summed E-state index contributed by atoms with van der Waals surface area (Å²) in [6.45, 7) is -8.41. The first-order valence-corrected chi connectivity index (χ1v) is 9.96. The Hall–Kier alpha value is -1.70. The minimum Gasteiger partial charge on any atom is -0.381 e. The average molecular weight is 433 g/mol. The van der Waals surface area contributed by atoms with Crippen LogP contribution in [-0.4, -0.2) is 64.9 Å². The zero-order valence-electron chi connectivity index (χ0n) is 29.5. The summed E-state index contributed by atoms with van der Waals surface area (Å²) >= 11 is 0. The lowest BCUT2D eigenvalue weighted by Gasteiger charge is -2.33. The molecule has 1 aromatic rings. The van der Waals surface area contributed by atoms with Crippen molar-refractivity contribution >= 4 is 17.3 Å². The van der Waals surface area contributed by atoms with Crippen molar-refractivity contribution in [1.82, 2.24) is 5.32 Å². The SMILES string of the molecule is [2H]C([2H])(C1CCNCC1)N(C(=O)C([2H])([2H])C1([2H])C([2H])([2H])C([2H])([2H])OC([2H])([2H])C1([2H])[2H])c1ccc(N2CCOCC2)c(F)c1. The summed E-state index contributed by atoms with van der Waals surface area (Å²) in [4.78, 5) is 16.2. The summed E-state index contributed by atoms with van der Waals surface area (Å²) in [6, 6.07) is 3.20. The van der Waals surface area contributed by atoms with Crippen LogP contribution in [0, 0.1) is 17.6 Å². The molecule has 0 spiro atoms. The van der Waals surface area contributed by atoms with Gasteiger partial charge in [0.25, 0.3) is 0 Å². The number of piperidine rings is 1. The Morgan fingerprint density at radius 2 is 2.00 bits per heavy atom. The fourth-order valence-corrected chi connectivity index (χ4v) is 3.51. The number of nitrogens with zero attached hydrogens (tertiary/aromatic N) is 2. The molecule has 0 aliphatic carbocycles. The van der Waals surface area contributed by atoms with Crippen molar-refractivity contribution in [2.75, 3.05) is 68.8 Å². The highest BCUT2D eigenvalue weighted by molar-refractivity contribution is 5.93. The Morgan fingerprint density at radius 3 is 2.70 bits per heavy atom.